The van der Waals surface area contributed by atoms with E-state index >= 15 is 0 Å². The maximum absolute atomic E-state index is 14.2. The highest BCUT2D eigenvalue weighted by molar-refractivity contribution is 7.92. The molecule has 0 aliphatic heterocycles. The van der Waals surface area contributed by atoms with E-state index in [1.807, 2.05) is 84.9 Å². The number of nitrogens with one attached hydrogen (secondary N) is 1. The number of anilines is 1. The second-order valence-electron chi connectivity index (χ2n) is 11.3. The van der Waals surface area contributed by atoms with Gasteiger partial charge in [-0.2, -0.15) is 0 Å². The van der Waals surface area contributed by atoms with Gasteiger partial charge in [0.05, 0.1) is 10.6 Å². The topological polar surface area (TPSA) is 86.8 Å². The fourth-order valence-electron chi connectivity index (χ4n) is 4.46. The number of sulfonamides is 1. The lowest BCUT2D eigenvalue weighted by atomic mass is 10.1. The molecule has 3 rings (SSSR count). The molecule has 214 valence electrons. The second-order valence-corrected chi connectivity index (χ2v) is 13.1. The average molecular weight is 564 g/mol. The van der Waals surface area contributed by atoms with Crippen LogP contribution >= 0.6 is 0 Å². The Labute approximate surface area is 239 Å². The van der Waals surface area contributed by atoms with Crippen LogP contribution in [-0.2, 0) is 26.2 Å². The van der Waals surface area contributed by atoms with E-state index in [4.69, 9.17) is 0 Å². The van der Waals surface area contributed by atoms with Gasteiger partial charge in [-0.15, -0.1) is 0 Å². The van der Waals surface area contributed by atoms with Gasteiger partial charge in [0.1, 0.15) is 12.6 Å². The van der Waals surface area contributed by atoms with Crippen LogP contribution in [0.25, 0.3) is 0 Å². The predicted octanol–water partition coefficient (Wildman–Crippen LogP) is 5.53. The second kappa shape index (κ2) is 12.7. The SMILES string of the molecule is CC[C@@H](C(=O)NC(C)(C)C)N(Cc1ccc(C)cc1)C(=O)CN(c1ccccc1C)S(=O)(=O)c1ccc(C)cc1. The van der Waals surface area contributed by atoms with Gasteiger partial charge in [-0.1, -0.05) is 72.6 Å². The molecule has 2 amide bonds. The van der Waals surface area contributed by atoms with Gasteiger partial charge >= 0.3 is 0 Å². The lowest BCUT2D eigenvalue weighted by molar-refractivity contribution is -0.141. The lowest BCUT2D eigenvalue weighted by Gasteiger charge is -2.35. The van der Waals surface area contributed by atoms with E-state index in [1.54, 1.807) is 36.4 Å². The van der Waals surface area contributed by atoms with Crippen molar-refractivity contribution in [1.29, 1.82) is 0 Å². The van der Waals surface area contributed by atoms with Crippen molar-refractivity contribution in [2.24, 2.45) is 0 Å². The number of carbonyl (C=O) groups excluding carboxylic acids is 2. The van der Waals surface area contributed by atoms with Crippen LogP contribution in [0.3, 0.4) is 0 Å². The van der Waals surface area contributed by atoms with Crippen molar-refractivity contribution >= 4 is 27.5 Å². The van der Waals surface area contributed by atoms with E-state index in [9.17, 15) is 18.0 Å². The van der Waals surface area contributed by atoms with Crippen molar-refractivity contribution in [3.63, 3.8) is 0 Å². The largest absolute Gasteiger partial charge is 0.350 e. The molecule has 8 heteroatoms. The first-order chi connectivity index (χ1) is 18.7. The third-order valence-electron chi connectivity index (χ3n) is 6.63. The summed E-state index contributed by atoms with van der Waals surface area (Å²) in [6.07, 6.45) is 0.370. The molecular formula is C32H41N3O4S. The number of aryl methyl sites for hydroxylation is 3. The first-order valence-corrected chi connectivity index (χ1v) is 15.0. The molecule has 0 spiro atoms. The number of nitrogens with zero attached hydrogens (tertiary/aromatic N) is 2. The molecule has 0 fully saturated rings. The quantitative estimate of drug-likeness (QED) is 0.352. The van der Waals surface area contributed by atoms with Gasteiger partial charge in [0.15, 0.2) is 0 Å². The number of carbonyl (C=O) groups is 2. The minimum absolute atomic E-state index is 0.0942. The van der Waals surface area contributed by atoms with Gasteiger partial charge in [-0.3, -0.25) is 13.9 Å². The summed E-state index contributed by atoms with van der Waals surface area (Å²) in [6, 6.07) is 20.6. The van der Waals surface area contributed by atoms with Crippen LogP contribution in [0.2, 0.25) is 0 Å². The predicted molar refractivity (Wildman–Crippen MR) is 161 cm³/mol. The number of para-hydroxylation sites is 1. The molecule has 0 unspecified atom stereocenters. The van der Waals surface area contributed by atoms with Gasteiger partial charge in [0, 0.05) is 12.1 Å². The van der Waals surface area contributed by atoms with Crippen molar-refractivity contribution in [2.45, 2.75) is 77.9 Å². The molecule has 1 N–H and O–H groups in total. The first-order valence-electron chi connectivity index (χ1n) is 13.5. The normalized spacial score (nSPS) is 12.5. The number of rotatable bonds is 10. The third kappa shape index (κ3) is 7.72. The maximum atomic E-state index is 14.2. The van der Waals surface area contributed by atoms with Crippen molar-refractivity contribution < 1.29 is 18.0 Å². The van der Waals surface area contributed by atoms with Crippen LogP contribution in [0.1, 0.15) is 56.4 Å². The lowest BCUT2D eigenvalue weighted by Crippen LogP contribution is -2.55. The van der Waals surface area contributed by atoms with Crippen LogP contribution in [0, 0.1) is 20.8 Å². The Morgan fingerprint density at radius 3 is 1.93 bits per heavy atom. The molecule has 0 radical (unpaired) electrons. The van der Waals surface area contributed by atoms with Crippen LogP contribution in [0.5, 0.6) is 0 Å². The van der Waals surface area contributed by atoms with Gasteiger partial charge < -0.3 is 10.2 Å². The molecule has 0 aliphatic carbocycles. The van der Waals surface area contributed by atoms with Crippen molar-refractivity contribution in [3.05, 3.63) is 95.1 Å². The van der Waals surface area contributed by atoms with Gasteiger partial charge in [-0.05, 0) is 77.3 Å². The molecule has 0 heterocycles. The fraction of sp³-hybridized carbons (Fsp3) is 0.375. The Kier molecular flexibility index (Phi) is 9.79. The Bertz CT molecular complexity index is 1430. The van der Waals surface area contributed by atoms with E-state index in [0.717, 1.165) is 21.0 Å². The van der Waals surface area contributed by atoms with Crippen LogP contribution in [-0.4, -0.2) is 43.3 Å². The average Bonchev–Trinajstić information content (AvgIpc) is 2.88. The van der Waals surface area contributed by atoms with E-state index in [0.29, 0.717) is 17.7 Å². The van der Waals surface area contributed by atoms with Crippen LogP contribution in [0.15, 0.2) is 77.7 Å². The van der Waals surface area contributed by atoms with E-state index in [2.05, 4.69) is 5.32 Å². The molecule has 0 bridgehead atoms. The molecular weight excluding hydrogens is 522 g/mol. The van der Waals surface area contributed by atoms with Crippen molar-refractivity contribution in [2.75, 3.05) is 10.8 Å². The molecule has 0 saturated heterocycles. The maximum Gasteiger partial charge on any atom is 0.264 e. The van der Waals surface area contributed by atoms with Gasteiger partial charge in [0.25, 0.3) is 10.0 Å². The summed E-state index contributed by atoms with van der Waals surface area (Å²) in [4.78, 5) is 29.2. The molecule has 40 heavy (non-hydrogen) atoms. The summed E-state index contributed by atoms with van der Waals surface area (Å²) < 4.78 is 29.1. The smallest absolute Gasteiger partial charge is 0.264 e. The number of hydrogen-bond donors (Lipinski definition) is 1. The minimum atomic E-state index is -4.10. The molecule has 0 aromatic heterocycles. The summed E-state index contributed by atoms with van der Waals surface area (Å²) >= 11 is 0. The molecule has 0 saturated carbocycles. The molecule has 7 nitrogen and oxygen atoms in total. The van der Waals surface area contributed by atoms with E-state index < -0.39 is 34.1 Å². The summed E-state index contributed by atoms with van der Waals surface area (Å²) in [6.45, 7) is 12.9. The van der Waals surface area contributed by atoms with E-state index in [-0.39, 0.29) is 17.3 Å². The standard InChI is InChI=1S/C32H41N3O4S/c1-8-28(31(37)33-32(5,6)7)34(21-26-17-13-23(2)14-18-26)30(36)22-35(29-12-10-9-11-25(29)4)40(38,39)27-19-15-24(3)16-20-27/h9-20,28H,8,21-22H2,1-7H3,(H,33,37)/t28-/m0/s1. The molecule has 0 aliphatic rings. The number of hydrogen-bond acceptors (Lipinski definition) is 4. The summed E-state index contributed by atoms with van der Waals surface area (Å²) in [5, 5.41) is 2.99. The Morgan fingerprint density at radius 1 is 0.850 bits per heavy atom. The Morgan fingerprint density at radius 2 is 1.40 bits per heavy atom. The molecule has 1 atom stereocenters. The third-order valence-corrected chi connectivity index (χ3v) is 8.40. The van der Waals surface area contributed by atoms with Crippen molar-refractivity contribution in [3.8, 4) is 0 Å². The Balaban J connectivity index is 2.08. The van der Waals surface area contributed by atoms with Gasteiger partial charge in [0.2, 0.25) is 11.8 Å². The number of amides is 2. The van der Waals surface area contributed by atoms with Crippen LogP contribution < -0.4 is 9.62 Å². The highest BCUT2D eigenvalue weighted by atomic mass is 32.2. The number of benzene rings is 3. The zero-order valence-electron chi connectivity index (χ0n) is 24.6. The fourth-order valence-corrected chi connectivity index (χ4v) is 5.94. The summed E-state index contributed by atoms with van der Waals surface area (Å²) in [5.41, 5.74) is 3.49. The molecule has 3 aromatic carbocycles. The summed E-state index contributed by atoms with van der Waals surface area (Å²) in [5.74, 6) is -0.741. The van der Waals surface area contributed by atoms with E-state index in [1.165, 1.54) is 4.90 Å². The first kappa shape index (κ1) is 30.9. The van der Waals surface area contributed by atoms with Crippen LogP contribution in [0.4, 0.5) is 5.69 Å². The minimum Gasteiger partial charge on any atom is -0.350 e. The monoisotopic (exact) mass is 563 g/mol. The highest BCUT2D eigenvalue weighted by Gasteiger charge is 2.35. The van der Waals surface area contributed by atoms with Crippen molar-refractivity contribution in [1.82, 2.24) is 10.2 Å². The zero-order chi connectivity index (χ0) is 29.7. The highest BCUT2D eigenvalue weighted by Crippen LogP contribution is 2.28. The van der Waals surface area contributed by atoms with Gasteiger partial charge in [-0.25, -0.2) is 8.42 Å². The summed E-state index contributed by atoms with van der Waals surface area (Å²) in [7, 11) is -4.10. The zero-order valence-corrected chi connectivity index (χ0v) is 25.4. The molecule has 3 aromatic rings. The Hall–Kier alpha value is -3.65.